The molecule has 1 aliphatic heterocycles. The zero-order chi connectivity index (χ0) is 11.7. The first-order chi connectivity index (χ1) is 8.36. The van der Waals surface area contributed by atoms with Crippen LogP contribution < -0.4 is 20.1 Å². The molecule has 0 spiro atoms. The highest BCUT2D eigenvalue weighted by Gasteiger charge is 2.23. The lowest BCUT2D eigenvalue weighted by Crippen LogP contribution is -2.30. The van der Waals surface area contributed by atoms with Crippen LogP contribution in [-0.4, -0.2) is 26.4 Å². The molecule has 1 aromatic carbocycles. The molecule has 0 amide bonds. The number of benzene rings is 1. The van der Waals surface area contributed by atoms with Crippen molar-refractivity contribution in [1.82, 2.24) is 10.6 Å². The van der Waals surface area contributed by atoms with Crippen molar-refractivity contribution < 1.29 is 9.47 Å². The monoisotopic (exact) mass is 234 g/mol. The van der Waals surface area contributed by atoms with Gasteiger partial charge in [0, 0.05) is 18.6 Å². The Bertz CT molecular complexity index is 404. The summed E-state index contributed by atoms with van der Waals surface area (Å²) in [5, 5.41) is 6.87. The average molecular weight is 234 g/mol. The van der Waals surface area contributed by atoms with Crippen LogP contribution in [0, 0.1) is 0 Å². The smallest absolute Gasteiger partial charge is 0.231 e. The number of likely N-dealkylation sites (N-methyl/N-ethyl adjacent to an activating group) is 1. The predicted octanol–water partition coefficient (Wildman–Crippen LogP) is 1.43. The van der Waals surface area contributed by atoms with Gasteiger partial charge in [-0.15, -0.1) is 0 Å². The Kier molecular flexibility index (Phi) is 2.91. The second-order valence-corrected chi connectivity index (χ2v) is 4.64. The van der Waals surface area contributed by atoms with Crippen LogP contribution >= 0.6 is 0 Å². The second-order valence-electron chi connectivity index (χ2n) is 4.64. The van der Waals surface area contributed by atoms with Crippen molar-refractivity contribution in [3.63, 3.8) is 0 Å². The highest BCUT2D eigenvalue weighted by molar-refractivity contribution is 5.45. The van der Waals surface area contributed by atoms with Crippen molar-refractivity contribution in [3.8, 4) is 11.5 Å². The van der Waals surface area contributed by atoms with Crippen molar-refractivity contribution in [2.45, 2.75) is 24.9 Å². The fraction of sp³-hybridized carbons (Fsp3) is 0.538. The van der Waals surface area contributed by atoms with Gasteiger partial charge in [0.25, 0.3) is 0 Å². The summed E-state index contributed by atoms with van der Waals surface area (Å²) in [4.78, 5) is 0. The Hall–Kier alpha value is -1.26. The predicted molar refractivity (Wildman–Crippen MR) is 65.4 cm³/mol. The first kappa shape index (κ1) is 10.9. The lowest BCUT2D eigenvalue weighted by Gasteiger charge is -2.17. The lowest BCUT2D eigenvalue weighted by molar-refractivity contribution is 0.174. The van der Waals surface area contributed by atoms with E-state index in [9.17, 15) is 0 Å². The number of nitrogens with one attached hydrogen (secondary N) is 2. The first-order valence-electron chi connectivity index (χ1n) is 6.17. The summed E-state index contributed by atoms with van der Waals surface area (Å²) in [6.07, 6.45) is 2.63. The Morgan fingerprint density at radius 2 is 2.12 bits per heavy atom. The number of hydrogen-bond donors (Lipinski definition) is 2. The molecule has 0 aromatic heterocycles. The molecule has 4 nitrogen and oxygen atoms in total. The summed E-state index contributed by atoms with van der Waals surface area (Å²) in [6, 6.07) is 7.21. The minimum atomic E-state index is 0.324. The molecule has 1 unspecified atom stereocenters. The summed E-state index contributed by atoms with van der Waals surface area (Å²) >= 11 is 0. The molecule has 0 bridgehead atoms. The molecule has 2 N–H and O–H groups in total. The molecule has 2 aliphatic rings. The van der Waals surface area contributed by atoms with Crippen LogP contribution in [0.5, 0.6) is 11.5 Å². The van der Waals surface area contributed by atoms with Gasteiger partial charge in [0.15, 0.2) is 11.5 Å². The van der Waals surface area contributed by atoms with Gasteiger partial charge in [0.1, 0.15) is 0 Å². The van der Waals surface area contributed by atoms with Crippen molar-refractivity contribution >= 4 is 0 Å². The molecule has 3 rings (SSSR count). The van der Waals surface area contributed by atoms with Gasteiger partial charge in [-0.3, -0.25) is 0 Å². The molecule has 17 heavy (non-hydrogen) atoms. The molecule has 1 saturated carbocycles. The van der Waals surface area contributed by atoms with Gasteiger partial charge in [-0.25, -0.2) is 0 Å². The van der Waals surface area contributed by atoms with E-state index < -0.39 is 0 Å². The zero-order valence-corrected chi connectivity index (χ0v) is 10.0. The van der Waals surface area contributed by atoms with Gasteiger partial charge in [-0.1, -0.05) is 6.07 Å². The average Bonchev–Trinajstić information content (AvgIpc) is 3.06. The Morgan fingerprint density at radius 1 is 1.29 bits per heavy atom. The number of hydrogen-bond acceptors (Lipinski definition) is 4. The third-order valence-electron chi connectivity index (χ3n) is 3.34. The van der Waals surface area contributed by atoms with Crippen molar-refractivity contribution in [1.29, 1.82) is 0 Å². The number of ether oxygens (including phenoxy) is 2. The normalized spacial score (nSPS) is 19.4. The maximum atomic E-state index is 5.40. The van der Waals surface area contributed by atoms with Crippen LogP contribution in [0.1, 0.15) is 24.4 Å². The van der Waals surface area contributed by atoms with E-state index >= 15 is 0 Å². The second kappa shape index (κ2) is 4.55. The van der Waals surface area contributed by atoms with E-state index in [1.54, 1.807) is 0 Å². The topological polar surface area (TPSA) is 42.5 Å². The zero-order valence-electron chi connectivity index (χ0n) is 10.0. The molecule has 1 aliphatic carbocycles. The van der Waals surface area contributed by atoms with E-state index in [4.69, 9.17) is 9.47 Å². The third kappa shape index (κ3) is 2.37. The van der Waals surface area contributed by atoms with Gasteiger partial charge in [-0.05, 0) is 37.6 Å². The standard InChI is InChI=1S/C13H18N2O2/c1-14-11(7-15-10-3-4-10)9-2-5-12-13(6-9)17-8-16-12/h2,5-6,10-11,14-15H,3-4,7-8H2,1H3. The highest BCUT2D eigenvalue weighted by Crippen LogP contribution is 2.34. The molecule has 92 valence electrons. The van der Waals surface area contributed by atoms with Gasteiger partial charge < -0.3 is 20.1 Å². The molecule has 0 saturated heterocycles. The molecule has 1 fully saturated rings. The maximum absolute atomic E-state index is 5.40. The Balaban J connectivity index is 1.71. The molecular weight excluding hydrogens is 216 g/mol. The fourth-order valence-electron chi connectivity index (χ4n) is 2.09. The third-order valence-corrected chi connectivity index (χ3v) is 3.34. The van der Waals surface area contributed by atoms with Crippen LogP contribution in [0.4, 0.5) is 0 Å². The van der Waals surface area contributed by atoms with Gasteiger partial charge in [-0.2, -0.15) is 0 Å². The number of fused-ring (bicyclic) bond motifs is 1. The Labute approximate surface area is 101 Å². The lowest BCUT2D eigenvalue weighted by atomic mass is 10.1. The summed E-state index contributed by atoms with van der Waals surface area (Å²) in [7, 11) is 1.99. The van der Waals surface area contributed by atoms with E-state index in [1.165, 1.54) is 18.4 Å². The minimum Gasteiger partial charge on any atom is -0.454 e. The van der Waals surface area contributed by atoms with E-state index in [1.807, 2.05) is 13.1 Å². The summed E-state index contributed by atoms with van der Waals surface area (Å²) < 4.78 is 10.7. The van der Waals surface area contributed by atoms with Gasteiger partial charge in [0.05, 0.1) is 0 Å². The SMILES string of the molecule is CNC(CNC1CC1)c1ccc2c(c1)OCO2. The van der Waals surface area contributed by atoms with E-state index in [2.05, 4.69) is 22.8 Å². The van der Waals surface area contributed by atoms with Crippen LogP contribution in [0.3, 0.4) is 0 Å². The van der Waals surface area contributed by atoms with Crippen molar-refractivity contribution in [2.24, 2.45) is 0 Å². The van der Waals surface area contributed by atoms with E-state index in [-0.39, 0.29) is 0 Å². The van der Waals surface area contributed by atoms with Crippen LogP contribution in [0.2, 0.25) is 0 Å². The summed E-state index contributed by atoms with van der Waals surface area (Å²) in [5.41, 5.74) is 1.24. The molecule has 1 aromatic rings. The van der Waals surface area contributed by atoms with E-state index in [0.29, 0.717) is 12.8 Å². The minimum absolute atomic E-state index is 0.324. The van der Waals surface area contributed by atoms with Gasteiger partial charge >= 0.3 is 0 Å². The maximum Gasteiger partial charge on any atom is 0.231 e. The molecule has 0 radical (unpaired) electrons. The quantitative estimate of drug-likeness (QED) is 0.808. The molecular formula is C13H18N2O2. The summed E-state index contributed by atoms with van der Waals surface area (Å²) in [5.74, 6) is 1.70. The molecule has 1 heterocycles. The first-order valence-corrected chi connectivity index (χ1v) is 6.17. The molecule has 4 heteroatoms. The summed E-state index contributed by atoms with van der Waals surface area (Å²) in [6.45, 7) is 1.30. The van der Waals surface area contributed by atoms with Gasteiger partial charge in [0.2, 0.25) is 6.79 Å². The Morgan fingerprint density at radius 3 is 2.88 bits per heavy atom. The molecule has 1 atom stereocenters. The van der Waals surface area contributed by atoms with Crippen molar-refractivity contribution in [3.05, 3.63) is 23.8 Å². The highest BCUT2D eigenvalue weighted by atomic mass is 16.7. The van der Waals surface area contributed by atoms with Crippen LogP contribution in [0.25, 0.3) is 0 Å². The number of rotatable bonds is 5. The van der Waals surface area contributed by atoms with Crippen molar-refractivity contribution in [2.75, 3.05) is 20.4 Å². The fourth-order valence-corrected chi connectivity index (χ4v) is 2.09. The van der Waals surface area contributed by atoms with Crippen LogP contribution in [0.15, 0.2) is 18.2 Å². The van der Waals surface area contributed by atoms with E-state index in [0.717, 1.165) is 24.1 Å². The van der Waals surface area contributed by atoms with Crippen LogP contribution in [-0.2, 0) is 0 Å². The largest absolute Gasteiger partial charge is 0.454 e.